The lowest BCUT2D eigenvalue weighted by Gasteiger charge is -2.26. The second-order valence-electron chi connectivity index (χ2n) is 10.8. The maximum Gasteiger partial charge on any atom is 0.306 e. The molecule has 212 valence electrons. The largest absolute Gasteiger partial charge is 0.481 e. The first-order valence-corrected chi connectivity index (χ1v) is 16.0. The number of rotatable bonds is 6. The van der Waals surface area contributed by atoms with Gasteiger partial charge in [-0.05, 0) is 91.9 Å². The van der Waals surface area contributed by atoms with Gasteiger partial charge < -0.3 is 5.11 Å². The minimum atomic E-state index is -4.17. The van der Waals surface area contributed by atoms with E-state index in [2.05, 4.69) is 6.07 Å². The van der Waals surface area contributed by atoms with Crippen molar-refractivity contribution >= 4 is 38.2 Å². The number of carboxylic acids is 1. The first kappa shape index (κ1) is 27.9. The Morgan fingerprint density at radius 3 is 2.45 bits per heavy atom. The van der Waals surface area contributed by atoms with Crippen LogP contribution in [0, 0.1) is 30.0 Å². The second kappa shape index (κ2) is 10.9. The predicted octanol–water partition coefficient (Wildman–Crippen LogP) is 7.95. The number of aliphatic carboxylic acids is 1. The molecule has 1 saturated carbocycles. The van der Waals surface area contributed by atoms with E-state index in [1.165, 1.54) is 33.5 Å². The van der Waals surface area contributed by atoms with Gasteiger partial charge in [-0.1, -0.05) is 35.9 Å². The van der Waals surface area contributed by atoms with Crippen LogP contribution < -0.4 is 0 Å². The highest BCUT2D eigenvalue weighted by molar-refractivity contribution is 7.90. The number of aryl methyl sites for hydroxylation is 1. The van der Waals surface area contributed by atoms with Crippen molar-refractivity contribution < 1.29 is 22.7 Å². The molecule has 9 heteroatoms. The molecule has 1 fully saturated rings. The van der Waals surface area contributed by atoms with Crippen LogP contribution in [-0.2, 0) is 14.8 Å². The van der Waals surface area contributed by atoms with Crippen molar-refractivity contribution in [3.63, 3.8) is 0 Å². The number of aromatic nitrogens is 1. The molecule has 0 aliphatic heterocycles. The topological polar surface area (TPSA) is 100 Å². The highest BCUT2D eigenvalue weighted by Crippen LogP contribution is 2.46. The van der Waals surface area contributed by atoms with Gasteiger partial charge in [0, 0.05) is 22.1 Å². The molecule has 1 aliphatic carbocycles. The third kappa shape index (κ3) is 4.81. The van der Waals surface area contributed by atoms with Crippen LogP contribution in [0.2, 0.25) is 0 Å². The normalized spacial score (nSPS) is 17.3. The number of carboxylic acid groups (broad SMARTS) is 1. The van der Waals surface area contributed by atoms with Crippen molar-refractivity contribution in [2.45, 2.75) is 43.4 Å². The molecule has 2 aromatic heterocycles. The van der Waals surface area contributed by atoms with Gasteiger partial charge in [-0.15, -0.1) is 11.3 Å². The van der Waals surface area contributed by atoms with Gasteiger partial charge in [0.25, 0.3) is 10.0 Å². The van der Waals surface area contributed by atoms with Crippen LogP contribution in [0.25, 0.3) is 33.3 Å². The number of nitriles is 1. The monoisotopic (exact) mass is 598 g/mol. The minimum Gasteiger partial charge on any atom is -0.481 e. The summed E-state index contributed by atoms with van der Waals surface area (Å²) < 4.78 is 44.9. The van der Waals surface area contributed by atoms with E-state index in [-0.39, 0.29) is 16.7 Å². The molecule has 1 aliphatic rings. The molecule has 6 nitrogen and oxygen atoms in total. The summed E-state index contributed by atoms with van der Waals surface area (Å²) in [5, 5.41) is 21.5. The van der Waals surface area contributed by atoms with Crippen LogP contribution in [0.1, 0.15) is 47.6 Å². The van der Waals surface area contributed by atoms with Gasteiger partial charge in [-0.25, -0.2) is 16.8 Å². The number of halogens is 1. The van der Waals surface area contributed by atoms with E-state index in [9.17, 15) is 28.0 Å². The number of carbonyl (C=O) groups is 1. The lowest BCUT2D eigenvalue weighted by atomic mass is 9.78. The van der Waals surface area contributed by atoms with Crippen molar-refractivity contribution in [1.29, 1.82) is 5.26 Å². The van der Waals surface area contributed by atoms with Gasteiger partial charge in [-0.3, -0.25) is 4.79 Å². The molecule has 0 amide bonds. The number of thiophene rings is 1. The molecular formula is C33H27FN2O4S2. The highest BCUT2D eigenvalue weighted by Gasteiger charge is 2.31. The standard InChI is InChI=1S/C33H27FN2O4S2/c1-20-5-12-26(13-6-20)42(39,40)36-29-14-11-25(34)18-28(29)31(27-15-16-41-30(27)19-35)32(36)24-4-2-3-23(17-24)21-7-9-22(10-8-21)33(37)38/h2-6,11-18,21-22H,7-10H2,1H3,(H,37,38). The molecule has 0 atom stereocenters. The fourth-order valence-electron chi connectivity index (χ4n) is 6.04. The van der Waals surface area contributed by atoms with Crippen LogP contribution in [0.4, 0.5) is 4.39 Å². The van der Waals surface area contributed by atoms with Crippen molar-refractivity contribution in [2.24, 2.45) is 5.92 Å². The van der Waals surface area contributed by atoms with Crippen molar-refractivity contribution in [3.05, 3.63) is 100.0 Å². The first-order valence-electron chi connectivity index (χ1n) is 13.7. The van der Waals surface area contributed by atoms with Crippen LogP contribution in [-0.4, -0.2) is 23.5 Å². The van der Waals surface area contributed by atoms with Crippen LogP contribution in [0.5, 0.6) is 0 Å². The minimum absolute atomic E-state index is 0.0936. The van der Waals surface area contributed by atoms with Gasteiger partial charge in [-0.2, -0.15) is 5.26 Å². The quantitative estimate of drug-likeness (QED) is 0.214. The Bertz CT molecular complexity index is 1980. The van der Waals surface area contributed by atoms with Gasteiger partial charge in [0.2, 0.25) is 0 Å². The van der Waals surface area contributed by atoms with Crippen LogP contribution in [0.3, 0.4) is 0 Å². The molecule has 0 bridgehead atoms. The predicted molar refractivity (Wildman–Crippen MR) is 161 cm³/mol. The van der Waals surface area contributed by atoms with Crippen molar-refractivity contribution in [1.82, 2.24) is 3.97 Å². The molecule has 6 rings (SSSR count). The van der Waals surface area contributed by atoms with Crippen molar-refractivity contribution in [2.75, 3.05) is 0 Å². The molecule has 42 heavy (non-hydrogen) atoms. The van der Waals surface area contributed by atoms with Gasteiger partial charge in [0.15, 0.2) is 0 Å². The van der Waals surface area contributed by atoms with Crippen LogP contribution in [0.15, 0.2) is 83.1 Å². The SMILES string of the molecule is Cc1ccc(S(=O)(=O)n2c(-c3cccc(C4CCC(C(=O)O)CC4)c3)c(-c3ccsc3C#N)c3cc(F)ccc32)cc1. The lowest BCUT2D eigenvalue weighted by Crippen LogP contribution is -2.20. The number of benzene rings is 3. The Balaban J connectivity index is 1.64. The van der Waals surface area contributed by atoms with Crippen molar-refractivity contribution in [3.8, 4) is 28.5 Å². The lowest BCUT2D eigenvalue weighted by molar-refractivity contribution is -0.142. The Hall–Kier alpha value is -4.26. The maximum absolute atomic E-state index is 14.8. The Morgan fingerprint density at radius 2 is 1.76 bits per heavy atom. The molecular weight excluding hydrogens is 572 g/mol. The zero-order valence-corrected chi connectivity index (χ0v) is 24.4. The van der Waals surface area contributed by atoms with Gasteiger partial charge >= 0.3 is 5.97 Å². The number of hydrogen-bond acceptors (Lipinski definition) is 5. The molecule has 2 heterocycles. The molecule has 0 radical (unpaired) electrons. The Morgan fingerprint density at radius 1 is 1.02 bits per heavy atom. The summed E-state index contributed by atoms with van der Waals surface area (Å²) in [6, 6.07) is 22.3. The fourth-order valence-corrected chi connectivity index (χ4v) is 8.28. The Labute approximate surface area is 247 Å². The smallest absolute Gasteiger partial charge is 0.306 e. The summed E-state index contributed by atoms with van der Waals surface area (Å²) >= 11 is 1.24. The summed E-state index contributed by atoms with van der Waals surface area (Å²) in [5.41, 5.74) is 4.20. The molecule has 0 spiro atoms. The maximum atomic E-state index is 14.8. The Kier molecular flexibility index (Phi) is 7.21. The summed E-state index contributed by atoms with van der Waals surface area (Å²) in [5.74, 6) is -1.51. The third-order valence-corrected chi connectivity index (χ3v) is 10.7. The zero-order chi connectivity index (χ0) is 29.6. The van der Waals surface area contributed by atoms with E-state index in [0.717, 1.165) is 11.1 Å². The van der Waals surface area contributed by atoms with Gasteiger partial charge in [0.1, 0.15) is 16.8 Å². The number of nitrogens with zero attached hydrogens (tertiary/aromatic N) is 2. The van der Waals surface area contributed by atoms with E-state index in [4.69, 9.17) is 0 Å². The number of hydrogen-bond donors (Lipinski definition) is 1. The average molecular weight is 599 g/mol. The molecule has 3 aromatic carbocycles. The number of fused-ring (bicyclic) bond motifs is 1. The second-order valence-corrected chi connectivity index (χ2v) is 13.5. The summed E-state index contributed by atoms with van der Waals surface area (Å²) in [4.78, 5) is 12.0. The highest BCUT2D eigenvalue weighted by atomic mass is 32.2. The summed E-state index contributed by atoms with van der Waals surface area (Å²) in [6.45, 7) is 1.88. The fraction of sp³-hybridized carbons (Fsp3) is 0.212. The molecule has 5 aromatic rings. The summed E-state index contributed by atoms with van der Waals surface area (Å²) in [6.07, 6.45) is 2.59. The average Bonchev–Trinajstić information content (AvgIpc) is 3.59. The van der Waals surface area contributed by atoms with Crippen LogP contribution >= 0.6 is 11.3 Å². The third-order valence-electron chi connectivity index (χ3n) is 8.19. The van der Waals surface area contributed by atoms with E-state index in [0.29, 0.717) is 63.8 Å². The summed E-state index contributed by atoms with van der Waals surface area (Å²) in [7, 11) is -4.17. The van der Waals surface area contributed by atoms with Gasteiger partial charge in [0.05, 0.1) is 22.0 Å². The van der Waals surface area contributed by atoms with E-state index in [1.807, 2.05) is 31.2 Å². The van der Waals surface area contributed by atoms with E-state index < -0.39 is 21.8 Å². The zero-order valence-electron chi connectivity index (χ0n) is 22.7. The van der Waals surface area contributed by atoms with E-state index >= 15 is 0 Å². The molecule has 0 saturated heterocycles. The first-order chi connectivity index (χ1) is 20.2. The molecule has 0 unspecified atom stereocenters. The molecule has 1 N–H and O–H groups in total. The van der Waals surface area contributed by atoms with E-state index in [1.54, 1.807) is 35.7 Å².